The zero-order valence-electron chi connectivity index (χ0n) is 18.8. The minimum Gasteiger partial charge on any atom is -0.489 e. The molecule has 0 spiro atoms. The predicted octanol–water partition coefficient (Wildman–Crippen LogP) is 6.59. The molecular formula is C28H27FO3S. The Balaban J connectivity index is 1.39. The Labute approximate surface area is 198 Å². The summed E-state index contributed by atoms with van der Waals surface area (Å²) in [5, 5.41) is 0. The summed E-state index contributed by atoms with van der Waals surface area (Å²) in [6.07, 6.45) is 1.64. The van der Waals surface area contributed by atoms with E-state index < -0.39 is 0 Å². The van der Waals surface area contributed by atoms with Gasteiger partial charge in [-0.05, 0) is 67.6 Å². The number of thioether (sulfide) groups is 1. The lowest BCUT2D eigenvalue weighted by Crippen LogP contribution is -2.25. The zero-order chi connectivity index (χ0) is 22.9. The molecule has 3 aromatic carbocycles. The highest BCUT2D eigenvalue weighted by Crippen LogP contribution is 2.50. The summed E-state index contributed by atoms with van der Waals surface area (Å²) in [6, 6.07) is 18.9. The SMILES string of the molecule is Cc1cc(OCc2ccccc2F)c(C)c2c1CCC1C(CSc3ccccc3)C(=O)O[C@@H]21. The largest absolute Gasteiger partial charge is 0.489 e. The number of halogens is 1. The van der Waals surface area contributed by atoms with Gasteiger partial charge < -0.3 is 9.47 Å². The van der Waals surface area contributed by atoms with Gasteiger partial charge in [-0.15, -0.1) is 11.8 Å². The summed E-state index contributed by atoms with van der Waals surface area (Å²) in [7, 11) is 0. The topological polar surface area (TPSA) is 35.5 Å². The van der Waals surface area contributed by atoms with E-state index in [1.54, 1.807) is 23.9 Å². The lowest BCUT2D eigenvalue weighted by Gasteiger charge is -2.31. The van der Waals surface area contributed by atoms with E-state index in [0.717, 1.165) is 41.0 Å². The molecule has 0 aromatic heterocycles. The number of benzene rings is 3. The minimum absolute atomic E-state index is 0.101. The van der Waals surface area contributed by atoms with Gasteiger partial charge in [0.05, 0.1) is 5.92 Å². The van der Waals surface area contributed by atoms with Crippen molar-refractivity contribution < 1.29 is 18.7 Å². The van der Waals surface area contributed by atoms with Crippen molar-refractivity contribution in [1.29, 1.82) is 0 Å². The zero-order valence-corrected chi connectivity index (χ0v) is 19.7. The Morgan fingerprint density at radius 3 is 2.64 bits per heavy atom. The van der Waals surface area contributed by atoms with Crippen LogP contribution in [0.5, 0.6) is 5.75 Å². The van der Waals surface area contributed by atoms with Crippen molar-refractivity contribution in [2.75, 3.05) is 5.75 Å². The fourth-order valence-electron chi connectivity index (χ4n) is 5.12. The molecule has 1 fully saturated rings. The van der Waals surface area contributed by atoms with Crippen LogP contribution in [0.1, 0.15) is 40.3 Å². The maximum atomic E-state index is 14.1. The van der Waals surface area contributed by atoms with E-state index in [9.17, 15) is 9.18 Å². The number of carbonyl (C=O) groups excluding carboxylic acids is 1. The first-order chi connectivity index (χ1) is 16.0. The van der Waals surface area contributed by atoms with Gasteiger partial charge in [-0.1, -0.05) is 36.4 Å². The van der Waals surface area contributed by atoms with Crippen LogP contribution in [0.15, 0.2) is 65.6 Å². The van der Waals surface area contributed by atoms with Crippen LogP contribution in [-0.2, 0) is 22.6 Å². The van der Waals surface area contributed by atoms with Crippen LogP contribution < -0.4 is 4.74 Å². The van der Waals surface area contributed by atoms with Crippen molar-refractivity contribution in [2.45, 2.75) is 44.3 Å². The average molecular weight is 463 g/mol. The number of carbonyl (C=O) groups is 1. The lowest BCUT2D eigenvalue weighted by atomic mass is 9.74. The molecule has 1 aliphatic heterocycles. The molecule has 0 saturated carbocycles. The average Bonchev–Trinajstić information content (AvgIpc) is 3.15. The van der Waals surface area contributed by atoms with E-state index in [1.807, 2.05) is 37.3 Å². The van der Waals surface area contributed by atoms with Crippen molar-refractivity contribution in [3.63, 3.8) is 0 Å². The number of ether oxygens (including phenoxy) is 2. The Morgan fingerprint density at radius 2 is 1.85 bits per heavy atom. The highest BCUT2D eigenvalue weighted by atomic mass is 32.2. The van der Waals surface area contributed by atoms with Crippen LogP contribution >= 0.6 is 11.8 Å². The Morgan fingerprint density at radius 1 is 1.09 bits per heavy atom. The van der Waals surface area contributed by atoms with E-state index >= 15 is 0 Å². The van der Waals surface area contributed by atoms with Crippen LogP contribution in [0.3, 0.4) is 0 Å². The third-order valence-electron chi connectivity index (χ3n) is 6.90. The number of rotatable bonds is 6. The quantitative estimate of drug-likeness (QED) is 0.306. The molecule has 5 rings (SSSR count). The van der Waals surface area contributed by atoms with E-state index in [4.69, 9.17) is 9.47 Å². The Bertz CT molecular complexity index is 1180. The van der Waals surface area contributed by atoms with Crippen molar-refractivity contribution in [3.8, 4) is 5.75 Å². The van der Waals surface area contributed by atoms with E-state index in [0.29, 0.717) is 5.56 Å². The maximum Gasteiger partial charge on any atom is 0.310 e. The second kappa shape index (κ2) is 9.22. The van der Waals surface area contributed by atoms with Crippen LogP contribution in [0.4, 0.5) is 4.39 Å². The van der Waals surface area contributed by atoms with Gasteiger partial charge in [0.25, 0.3) is 0 Å². The number of hydrogen-bond donors (Lipinski definition) is 0. The highest BCUT2D eigenvalue weighted by Gasteiger charge is 2.48. The van der Waals surface area contributed by atoms with Crippen molar-refractivity contribution >= 4 is 17.7 Å². The lowest BCUT2D eigenvalue weighted by molar-refractivity contribution is -0.144. The Hall–Kier alpha value is -2.79. The highest BCUT2D eigenvalue weighted by molar-refractivity contribution is 7.99. The molecule has 0 bridgehead atoms. The number of esters is 1. The molecule has 0 amide bonds. The monoisotopic (exact) mass is 462 g/mol. The van der Waals surface area contributed by atoms with Gasteiger partial charge in [0.2, 0.25) is 0 Å². The second-order valence-corrected chi connectivity index (χ2v) is 9.97. The number of hydrogen-bond acceptors (Lipinski definition) is 4. The minimum atomic E-state index is -0.270. The molecule has 3 aromatic rings. The van der Waals surface area contributed by atoms with Gasteiger partial charge in [0.1, 0.15) is 24.3 Å². The van der Waals surface area contributed by atoms with Gasteiger partial charge in [-0.2, -0.15) is 0 Å². The third kappa shape index (κ3) is 4.26. The van der Waals surface area contributed by atoms with Crippen molar-refractivity contribution in [1.82, 2.24) is 0 Å². The first-order valence-electron chi connectivity index (χ1n) is 11.4. The molecule has 1 heterocycles. The van der Waals surface area contributed by atoms with Gasteiger partial charge in [-0.3, -0.25) is 4.79 Å². The van der Waals surface area contributed by atoms with Crippen LogP contribution in [0.2, 0.25) is 0 Å². The fourth-order valence-corrected chi connectivity index (χ4v) is 6.22. The molecule has 3 nitrogen and oxygen atoms in total. The smallest absolute Gasteiger partial charge is 0.310 e. The summed E-state index contributed by atoms with van der Waals surface area (Å²) in [5.74, 6) is 1.13. The summed E-state index contributed by atoms with van der Waals surface area (Å²) in [6.45, 7) is 4.27. The fraction of sp³-hybridized carbons (Fsp3) is 0.321. The Kier molecular flexibility index (Phi) is 6.15. The molecule has 170 valence electrons. The van der Waals surface area contributed by atoms with Crippen molar-refractivity contribution in [3.05, 3.63) is 94.3 Å². The van der Waals surface area contributed by atoms with Gasteiger partial charge in [-0.25, -0.2) is 4.39 Å². The summed E-state index contributed by atoms with van der Waals surface area (Å²) < 4.78 is 26.1. The van der Waals surface area contributed by atoms with Crippen molar-refractivity contribution in [2.24, 2.45) is 11.8 Å². The van der Waals surface area contributed by atoms with Gasteiger partial charge >= 0.3 is 5.97 Å². The van der Waals surface area contributed by atoms with Gasteiger partial charge in [0.15, 0.2) is 0 Å². The van der Waals surface area contributed by atoms with Gasteiger partial charge in [0, 0.05) is 27.7 Å². The normalized spacial score (nSPS) is 21.3. The first-order valence-corrected chi connectivity index (χ1v) is 12.4. The molecule has 1 aliphatic carbocycles. The van der Waals surface area contributed by atoms with E-state index in [2.05, 4.69) is 19.1 Å². The van der Waals surface area contributed by atoms with Crippen LogP contribution in [-0.4, -0.2) is 11.7 Å². The number of aryl methyl sites for hydroxylation is 1. The van der Waals surface area contributed by atoms with E-state index in [1.165, 1.54) is 16.5 Å². The van der Waals surface area contributed by atoms with Crippen LogP contribution in [0.25, 0.3) is 0 Å². The maximum absolute atomic E-state index is 14.1. The molecule has 33 heavy (non-hydrogen) atoms. The van der Waals surface area contributed by atoms with E-state index in [-0.39, 0.29) is 36.3 Å². The molecule has 0 N–H and O–H groups in total. The molecular weight excluding hydrogens is 435 g/mol. The third-order valence-corrected chi connectivity index (χ3v) is 8.03. The summed E-state index contributed by atoms with van der Waals surface area (Å²) in [4.78, 5) is 14.1. The molecule has 2 unspecified atom stereocenters. The summed E-state index contributed by atoms with van der Waals surface area (Å²) in [5.41, 5.74) is 5.00. The first kappa shape index (κ1) is 22.0. The molecule has 2 aliphatic rings. The van der Waals surface area contributed by atoms with Crippen LogP contribution in [0, 0.1) is 31.5 Å². The molecule has 0 radical (unpaired) electrons. The number of fused-ring (bicyclic) bond motifs is 3. The molecule has 5 heteroatoms. The molecule has 1 saturated heterocycles. The second-order valence-electron chi connectivity index (χ2n) is 8.88. The summed E-state index contributed by atoms with van der Waals surface area (Å²) >= 11 is 1.72. The predicted molar refractivity (Wildman–Crippen MR) is 128 cm³/mol. The molecule has 3 atom stereocenters. The standard InChI is InChI=1S/C28H27FO3S/c1-17-14-25(31-15-19-8-6-7-11-24(19)29)18(2)26-21(17)12-13-22-23(28(30)32-27(22)26)16-33-20-9-4-3-5-10-20/h3-11,14,22-23,27H,12-13,15-16H2,1-2H3/t22?,23?,27-/m1/s1.